The van der Waals surface area contributed by atoms with Crippen LogP contribution < -0.4 is 10.1 Å². The van der Waals surface area contributed by atoms with E-state index in [0.29, 0.717) is 25.1 Å². The van der Waals surface area contributed by atoms with Crippen LogP contribution >= 0.6 is 0 Å². The zero-order valence-corrected chi connectivity index (χ0v) is 11.6. The molecule has 0 atom stereocenters. The first-order valence-corrected chi connectivity index (χ1v) is 6.48. The molecule has 0 aliphatic heterocycles. The van der Waals surface area contributed by atoms with E-state index in [4.69, 9.17) is 9.47 Å². The van der Waals surface area contributed by atoms with E-state index >= 15 is 0 Å². The molecule has 0 unspecified atom stereocenters. The summed E-state index contributed by atoms with van der Waals surface area (Å²) in [6.07, 6.45) is 4.39. The Hall–Kier alpha value is -2.22. The lowest BCUT2D eigenvalue weighted by atomic mass is 10.5. The van der Waals surface area contributed by atoms with Crippen LogP contribution in [0.15, 0.2) is 18.5 Å². The molecule has 8 nitrogen and oxygen atoms in total. The van der Waals surface area contributed by atoms with Crippen molar-refractivity contribution in [2.24, 2.45) is 0 Å². The molecule has 0 saturated heterocycles. The number of nitrogens with zero attached hydrogens (tertiary/aromatic N) is 5. The summed E-state index contributed by atoms with van der Waals surface area (Å²) in [6, 6.07) is 2.04. The molecule has 2 aromatic heterocycles. The van der Waals surface area contributed by atoms with Gasteiger partial charge in [0.05, 0.1) is 6.61 Å². The number of aromatic nitrogens is 5. The van der Waals surface area contributed by atoms with Crippen LogP contribution in [-0.4, -0.2) is 51.6 Å². The minimum Gasteiger partial charge on any atom is -0.461 e. The van der Waals surface area contributed by atoms with Crippen molar-refractivity contribution < 1.29 is 9.47 Å². The van der Waals surface area contributed by atoms with E-state index in [1.807, 2.05) is 0 Å². The Bertz CT molecular complexity index is 517. The molecule has 0 radical (unpaired) electrons. The van der Waals surface area contributed by atoms with Crippen molar-refractivity contribution in [1.29, 1.82) is 0 Å². The number of rotatable bonds is 8. The number of nitrogens with one attached hydrogen (secondary N) is 1. The highest BCUT2D eigenvalue weighted by Gasteiger charge is 2.08. The van der Waals surface area contributed by atoms with Crippen LogP contribution in [0.25, 0.3) is 5.95 Å². The lowest BCUT2D eigenvalue weighted by Crippen LogP contribution is -2.12. The Morgan fingerprint density at radius 2 is 2.10 bits per heavy atom. The highest BCUT2D eigenvalue weighted by Crippen LogP contribution is 2.09. The maximum atomic E-state index is 5.47. The van der Waals surface area contributed by atoms with Gasteiger partial charge in [-0.1, -0.05) is 6.92 Å². The monoisotopic (exact) mass is 278 g/mol. The van der Waals surface area contributed by atoms with Gasteiger partial charge >= 0.3 is 6.01 Å². The molecule has 0 bridgehead atoms. The van der Waals surface area contributed by atoms with Gasteiger partial charge in [0.1, 0.15) is 6.61 Å². The smallest absolute Gasteiger partial charge is 0.323 e. The Morgan fingerprint density at radius 3 is 2.80 bits per heavy atom. The first kappa shape index (κ1) is 14.2. The summed E-state index contributed by atoms with van der Waals surface area (Å²) in [5.74, 6) is 0.828. The summed E-state index contributed by atoms with van der Waals surface area (Å²) in [5.41, 5.74) is 0. The summed E-state index contributed by atoms with van der Waals surface area (Å²) >= 11 is 0. The highest BCUT2D eigenvalue weighted by atomic mass is 16.5. The van der Waals surface area contributed by atoms with E-state index in [9.17, 15) is 0 Å². The minimum atomic E-state index is 0.245. The lowest BCUT2D eigenvalue weighted by Gasteiger charge is -2.08. The number of hydrogen-bond acceptors (Lipinski definition) is 7. The van der Waals surface area contributed by atoms with Gasteiger partial charge in [-0.05, 0) is 12.5 Å². The third kappa shape index (κ3) is 3.89. The van der Waals surface area contributed by atoms with Gasteiger partial charge in [-0.3, -0.25) is 0 Å². The largest absolute Gasteiger partial charge is 0.461 e. The van der Waals surface area contributed by atoms with E-state index in [1.54, 1.807) is 30.2 Å². The summed E-state index contributed by atoms with van der Waals surface area (Å²) in [7, 11) is 1.73. The van der Waals surface area contributed by atoms with Crippen molar-refractivity contribution in [1.82, 2.24) is 24.7 Å². The molecular formula is C12H18N6O2. The van der Waals surface area contributed by atoms with Crippen LogP contribution in [0, 0.1) is 0 Å². The molecule has 0 amide bonds. The van der Waals surface area contributed by atoms with E-state index in [0.717, 1.165) is 13.0 Å². The van der Waals surface area contributed by atoms with Crippen molar-refractivity contribution in [3.05, 3.63) is 18.5 Å². The predicted molar refractivity (Wildman–Crippen MR) is 73.1 cm³/mol. The molecule has 108 valence electrons. The van der Waals surface area contributed by atoms with E-state index in [2.05, 4.69) is 32.3 Å². The molecule has 8 heteroatoms. The second-order valence-electron chi connectivity index (χ2n) is 3.90. The van der Waals surface area contributed by atoms with Crippen LogP contribution in [0.5, 0.6) is 6.01 Å². The van der Waals surface area contributed by atoms with Gasteiger partial charge in [0.25, 0.3) is 5.95 Å². The fourth-order valence-electron chi connectivity index (χ4n) is 1.45. The molecule has 0 aromatic carbocycles. The van der Waals surface area contributed by atoms with Gasteiger partial charge < -0.3 is 14.8 Å². The van der Waals surface area contributed by atoms with Crippen LogP contribution in [0.3, 0.4) is 0 Å². The average molecular weight is 278 g/mol. The molecule has 0 aliphatic rings. The van der Waals surface area contributed by atoms with Crippen LogP contribution in [0.2, 0.25) is 0 Å². The quantitative estimate of drug-likeness (QED) is 0.718. The fourth-order valence-corrected chi connectivity index (χ4v) is 1.45. The third-order valence-corrected chi connectivity index (χ3v) is 2.34. The van der Waals surface area contributed by atoms with E-state index in [-0.39, 0.29) is 6.01 Å². The second-order valence-corrected chi connectivity index (χ2v) is 3.90. The molecule has 2 rings (SSSR count). The van der Waals surface area contributed by atoms with Crippen molar-refractivity contribution in [2.45, 2.75) is 13.3 Å². The van der Waals surface area contributed by atoms with Crippen LogP contribution in [0.4, 0.5) is 5.95 Å². The van der Waals surface area contributed by atoms with Crippen LogP contribution in [0.1, 0.15) is 13.3 Å². The molecule has 0 fully saturated rings. The summed E-state index contributed by atoms with van der Waals surface area (Å²) in [6.45, 7) is 3.68. The molecular weight excluding hydrogens is 260 g/mol. The molecule has 0 saturated carbocycles. The van der Waals surface area contributed by atoms with E-state index in [1.165, 1.54) is 0 Å². The molecule has 2 heterocycles. The number of hydrogen-bond donors (Lipinski definition) is 1. The number of ether oxygens (including phenoxy) is 2. The normalized spacial score (nSPS) is 10.5. The average Bonchev–Trinajstić information content (AvgIpc) is 3.01. The van der Waals surface area contributed by atoms with Gasteiger partial charge in [-0.2, -0.15) is 20.1 Å². The Labute approximate surface area is 117 Å². The van der Waals surface area contributed by atoms with Gasteiger partial charge in [-0.25, -0.2) is 4.68 Å². The van der Waals surface area contributed by atoms with Crippen molar-refractivity contribution in [2.75, 3.05) is 32.2 Å². The van der Waals surface area contributed by atoms with Crippen molar-refractivity contribution in [3.63, 3.8) is 0 Å². The van der Waals surface area contributed by atoms with Gasteiger partial charge in [0.15, 0.2) is 0 Å². The van der Waals surface area contributed by atoms with Gasteiger partial charge in [0, 0.05) is 26.0 Å². The van der Waals surface area contributed by atoms with Gasteiger partial charge in [-0.15, -0.1) is 0 Å². The maximum absolute atomic E-state index is 5.47. The Morgan fingerprint density at radius 1 is 1.20 bits per heavy atom. The summed E-state index contributed by atoms with van der Waals surface area (Å²) in [5, 5.41) is 6.95. The molecule has 1 N–H and O–H groups in total. The lowest BCUT2D eigenvalue weighted by molar-refractivity contribution is 0.0971. The standard InChI is InChI=1S/C12H18N6O2/c1-3-7-19-8-9-20-12-16-10(13-2)15-11(17-12)18-6-4-5-14-18/h4-6H,3,7-9H2,1-2H3,(H,13,15,16,17). The minimum absolute atomic E-state index is 0.245. The first-order chi connectivity index (χ1) is 9.83. The third-order valence-electron chi connectivity index (χ3n) is 2.34. The predicted octanol–water partition coefficient (Wildman–Crippen LogP) is 0.904. The fraction of sp³-hybridized carbons (Fsp3) is 0.500. The zero-order valence-electron chi connectivity index (χ0n) is 11.6. The topological polar surface area (TPSA) is 87.0 Å². The molecule has 0 aliphatic carbocycles. The number of anilines is 1. The summed E-state index contributed by atoms with van der Waals surface area (Å²) < 4.78 is 12.3. The second kappa shape index (κ2) is 7.39. The Balaban J connectivity index is 2.03. The zero-order chi connectivity index (χ0) is 14.2. The van der Waals surface area contributed by atoms with Crippen molar-refractivity contribution in [3.8, 4) is 12.0 Å². The molecule has 20 heavy (non-hydrogen) atoms. The maximum Gasteiger partial charge on any atom is 0.323 e. The SMILES string of the molecule is CCCOCCOc1nc(NC)nc(-n2cccn2)n1. The van der Waals surface area contributed by atoms with Crippen LogP contribution in [-0.2, 0) is 4.74 Å². The first-order valence-electron chi connectivity index (χ1n) is 6.48. The Kier molecular flexibility index (Phi) is 5.24. The molecule has 0 spiro atoms. The molecule has 2 aromatic rings. The summed E-state index contributed by atoms with van der Waals surface area (Å²) in [4.78, 5) is 12.5. The van der Waals surface area contributed by atoms with E-state index < -0.39 is 0 Å². The van der Waals surface area contributed by atoms with Gasteiger partial charge in [0.2, 0.25) is 5.95 Å². The van der Waals surface area contributed by atoms with Crippen molar-refractivity contribution >= 4 is 5.95 Å². The highest BCUT2D eigenvalue weighted by molar-refractivity contribution is 5.28.